The summed E-state index contributed by atoms with van der Waals surface area (Å²) in [5.74, 6) is 0.577. The van der Waals surface area contributed by atoms with Crippen LogP contribution in [0.2, 0.25) is 0 Å². The molecule has 0 unspecified atom stereocenters. The first-order chi connectivity index (χ1) is 15.1. The third kappa shape index (κ3) is 3.85. The number of pyridine rings is 1. The molecule has 0 radical (unpaired) electrons. The molecule has 4 aromatic rings. The number of H-pyrrole nitrogens is 1. The van der Waals surface area contributed by atoms with Crippen LogP contribution in [0.5, 0.6) is 0 Å². The summed E-state index contributed by atoms with van der Waals surface area (Å²) in [5.41, 5.74) is 6.26. The second kappa shape index (κ2) is 8.02. The predicted octanol–water partition coefficient (Wildman–Crippen LogP) is 4.44. The highest BCUT2D eigenvalue weighted by Gasteiger charge is 2.26. The lowest BCUT2D eigenvalue weighted by molar-refractivity contribution is 0.0713. The highest BCUT2D eigenvalue weighted by atomic mass is 16.2. The van der Waals surface area contributed by atoms with Crippen molar-refractivity contribution in [3.63, 3.8) is 0 Å². The van der Waals surface area contributed by atoms with Crippen molar-refractivity contribution in [2.75, 3.05) is 13.1 Å². The third-order valence-corrected chi connectivity index (χ3v) is 6.31. The van der Waals surface area contributed by atoms with Crippen molar-refractivity contribution < 1.29 is 4.79 Å². The molecule has 158 valence electrons. The van der Waals surface area contributed by atoms with E-state index in [4.69, 9.17) is 0 Å². The highest BCUT2D eigenvalue weighted by Crippen LogP contribution is 2.33. The number of nitrogens with zero attached hydrogens (tertiary/aromatic N) is 4. The van der Waals surface area contributed by atoms with Crippen molar-refractivity contribution in [1.82, 2.24) is 24.6 Å². The average molecular weight is 414 g/mol. The number of rotatable bonds is 4. The number of fused-ring (bicyclic) bond motifs is 1. The first-order valence-corrected chi connectivity index (χ1v) is 10.9. The zero-order valence-electron chi connectivity index (χ0n) is 18.0. The van der Waals surface area contributed by atoms with Gasteiger partial charge in [0.05, 0.1) is 12.2 Å². The fourth-order valence-electron chi connectivity index (χ4n) is 4.70. The normalized spacial score (nSPS) is 15.0. The zero-order chi connectivity index (χ0) is 21.4. The Kier molecular flexibility index (Phi) is 5.06. The van der Waals surface area contributed by atoms with Crippen LogP contribution in [-0.4, -0.2) is 43.6 Å². The SMILES string of the molecule is Cc1cc(C)n(Cc2cccc(C(=O)N3CCC(c4c[nH]c5ncccc45)CC3)c2)n1. The second-order valence-corrected chi connectivity index (χ2v) is 8.50. The number of hydrogen-bond acceptors (Lipinski definition) is 3. The molecule has 1 N–H and O–H groups in total. The number of aryl methyl sites for hydroxylation is 2. The average Bonchev–Trinajstić information content (AvgIpc) is 3.36. The van der Waals surface area contributed by atoms with Crippen LogP contribution in [0.4, 0.5) is 0 Å². The molecule has 31 heavy (non-hydrogen) atoms. The fraction of sp³-hybridized carbons (Fsp3) is 0.320. The molecule has 1 aliphatic heterocycles. The lowest BCUT2D eigenvalue weighted by Crippen LogP contribution is -2.37. The summed E-state index contributed by atoms with van der Waals surface area (Å²) in [5, 5.41) is 5.74. The van der Waals surface area contributed by atoms with Crippen molar-refractivity contribution in [3.8, 4) is 0 Å². The molecule has 0 bridgehead atoms. The van der Waals surface area contributed by atoms with Gasteiger partial charge in [0.2, 0.25) is 0 Å². The Morgan fingerprint density at radius 2 is 1.97 bits per heavy atom. The monoisotopic (exact) mass is 413 g/mol. The van der Waals surface area contributed by atoms with Crippen LogP contribution in [0.3, 0.4) is 0 Å². The van der Waals surface area contributed by atoms with E-state index in [0.717, 1.165) is 54.1 Å². The van der Waals surface area contributed by atoms with Crippen LogP contribution in [0.1, 0.15) is 51.6 Å². The summed E-state index contributed by atoms with van der Waals surface area (Å²) in [4.78, 5) is 22.8. The minimum Gasteiger partial charge on any atom is -0.346 e. The van der Waals surface area contributed by atoms with Crippen LogP contribution >= 0.6 is 0 Å². The topological polar surface area (TPSA) is 66.8 Å². The van der Waals surface area contributed by atoms with E-state index in [1.165, 1.54) is 10.9 Å². The van der Waals surface area contributed by atoms with E-state index in [0.29, 0.717) is 12.5 Å². The summed E-state index contributed by atoms with van der Waals surface area (Å²) in [7, 11) is 0. The molecule has 6 nitrogen and oxygen atoms in total. The van der Waals surface area contributed by atoms with Gasteiger partial charge in [-0.25, -0.2) is 4.98 Å². The molecule has 0 aliphatic carbocycles. The van der Waals surface area contributed by atoms with Gasteiger partial charge in [-0.2, -0.15) is 5.10 Å². The van der Waals surface area contributed by atoms with E-state index >= 15 is 0 Å². The van der Waals surface area contributed by atoms with E-state index in [1.807, 2.05) is 47.0 Å². The van der Waals surface area contributed by atoms with Crippen molar-refractivity contribution in [2.45, 2.75) is 39.2 Å². The van der Waals surface area contributed by atoms with E-state index in [1.54, 1.807) is 0 Å². The molecule has 1 aliphatic rings. The summed E-state index contributed by atoms with van der Waals surface area (Å²) < 4.78 is 1.99. The Morgan fingerprint density at radius 3 is 2.74 bits per heavy atom. The molecule has 6 heteroatoms. The third-order valence-electron chi connectivity index (χ3n) is 6.31. The Balaban J connectivity index is 1.27. The number of aromatic amines is 1. The Bertz CT molecular complexity index is 1230. The summed E-state index contributed by atoms with van der Waals surface area (Å²) in [6, 6.07) is 14.1. The number of piperidine rings is 1. The highest BCUT2D eigenvalue weighted by molar-refractivity contribution is 5.94. The number of hydrogen-bond donors (Lipinski definition) is 1. The second-order valence-electron chi connectivity index (χ2n) is 8.50. The van der Waals surface area contributed by atoms with E-state index in [-0.39, 0.29) is 5.91 Å². The van der Waals surface area contributed by atoms with E-state index in [2.05, 4.69) is 46.4 Å². The summed E-state index contributed by atoms with van der Waals surface area (Å²) in [6.45, 7) is 6.29. The number of likely N-dealkylation sites (tertiary alicyclic amines) is 1. The predicted molar refractivity (Wildman–Crippen MR) is 121 cm³/mol. The van der Waals surface area contributed by atoms with E-state index < -0.39 is 0 Å². The first-order valence-electron chi connectivity index (χ1n) is 10.9. The van der Waals surface area contributed by atoms with Gasteiger partial charge >= 0.3 is 0 Å². The fourth-order valence-corrected chi connectivity index (χ4v) is 4.70. The van der Waals surface area contributed by atoms with Crippen LogP contribution in [0.25, 0.3) is 11.0 Å². The number of aromatic nitrogens is 4. The minimum atomic E-state index is 0.120. The van der Waals surface area contributed by atoms with Crippen LogP contribution in [0.15, 0.2) is 54.9 Å². The Morgan fingerprint density at radius 1 is 1.13 bits per heavy atom. The maximum Gasteiger partial charge on any atom is 0.253 e. The molecule has 3 aromatic heterocycles. The Labute approximate surface area is 181 Å². The van der Waals surface area contributed by atoms with Gasteiger partial charge < -0.3 is 9.88 Å². The van der Waals surface area contributed by atoms with Crippen LogP contribution in [-0.2, 0) is 6.54 Å². The van der Waals surface area contributed by atoms with Gasteiger partial charge in [0.1, 0.15) is 5.65 Å². The van der Waals surface area contributed by atoms with Crippen molar-refractivity contribution in [2.24, 2.45) is 0 Å². The standard InChI is InChI=1S/C25H27N5O/c1-17-13-18(2)30(28-17)16-19-5-3-6-21(14-19)25(31)29-11-8-20(9-12-29)23-15-27-24-22(23)7-4-10-26-24/h3-7,10,13-15,20H,8-9,11-12,16H2,1-2H3,(H,26,27). The number of amides is 1. The number of carbonyl (C=O) groups is 1. The zero-order valence-corrected chi connectivity index (χ0v) is 18.0. The molecule has 1 amide bonds. The molecule has 1 fully saturated rings. The summed E-state index contributed by atoms with van der Waals surface area (Å²) in [6.07, 6.45) is 5.84. The molecule has 4 heterocycles. The van der Waals surface area contributed by atoms with Crippen LogP contribution < -0.4 is 0 Å². The van der Waals surface area contributed by atoms with Gasteiger partial charge in [0.15, 0.2) is 0 Å². The molecule has 0 spiro atoms. The maximum atomic E-state index is 13.2. The van der Waals surface area contributed by atoms with Gasteiger partial charge in [0.25, 0.3) is 5.91 Å². The number of benzene rings is 1. The quantitative estimate of drug-likeness (QED) is 0.538. The largest absolute Gasteiger partial charge is 0.346 e. The van der Waals surface area contributed by atoms with Gasteiger partial charge in [-0.3, -0.25) is 9.48 Å². The first kappa shape index (κ1) is 19.5. The van der Waals surface area contributed by atoms with Crippen molar-refractivity contribution in [3.05, 3.63) is 82.9 Å². The molecule has 0 atom stereocenters. The number of nitrogens with one attached hydrogen (secondary N) is 1. The van der Waals surface area contributed by atoms with Crippen molar-refractivity contribution in [1.29, 1.82) is 0 Å². The molecule has 0 saturated carbocycles. The molecule has 1 saturated heterocycles. The van der Waals surface area contributed by atoms with Gasteiger partial charge in [-0.05, 0) is 74.1 Å². The Hall–Kier alpha value is -3.41. The summed E-state index contributed by atoms with van der Waals surface area (Å²) >= 11 is 0. The molecule has 5 rings (SSSR count). The molecule has 1 aromatic carbocycles. The number of carbonyl (C=O) groups excluding carboxylic acids is 1. The lowest BCUT2D eigenvalue weighted by Gasteiger charge is -2.32. The smallest absolute Gasteiger partial charge is 0.253 e. The van der Waals surface area contributed by atoms with E-state index in [9.17, 15) is 4.79 Å². The van der Waals surface area contributed by atoms with Gasteiger partial charge in [-0.1, -0.05) is 12.1 Å². The minimum absolute atomic E-state index is 0.120. The molecular weight excluding hydrogens is 386 g/mol. The van der Waals surface area contributed by atoms with Crippen molar-refractivity contribution >= 4 is 16.9 Å². The molecular formula is C25H27N5O. The lowest BCUT2D eigenvalue weighted by atomic mass is 9.89. The van der Waals surface area contributed by atoms with Gasteiger partial charge in [-0.15, -0.1) is 0 Å². The van der Waals surface area contributed by atoms with Gasteiger partial charge in [0, 0.05) is 42.1 Å². The van der Waals surface area contributed by atoms with Crippen LogP contribution in [0, 0.1) is 13.8 Å². The maximum absolute atomic E-state index is 13.2.